The molecule has 1 rings (SSSR count). The summed E-state index contributed by atoms with van der Waals surface area (Å²) < 4.78 is 1.56. The van der Waals surface area contributed by atoms with Crippen molar-refractivity contribution in [2.75, 3.05) is 25.0 Å². The third kappa shape index (κ3) is 4.63. The fraction of sp³-hybridized carbons (Fsp3) is 0.733. The summed E-state index contributed by atoms with van der Waals surface area (Å²) in [5.74, 6) is 0. The summed E-state index contributed by atoms with van der Waals surface area (Å²) in [5.41, 5.74) is 0.907. The predicted molar refractivity (Wildman–Crippen MR) is 84.4 cm³/mol. The van der Waals surface area contributed by atoms with E-state index < -0.39 is 0 Å². The van der Waals surface area contributed by atoms with Gasteiger partial charge in [0.25, 0.3) is 5.56 Å². The number of hydrogen-bond acceptors (Lipinski definition) is 4. The SMILES string of the molecule is CCC(CCCn1ncc(N(CC)CC)cc1=O)NC. The second kappa shape index (κ2) is 8.74. The van der Waals surface area contributed by atoms with Crippen LogP contribution in [0.15, 0.2) is 17.1 Å². The van der Waals surface area contributed by atoms with E-state index in [1.54, 1.807) is 16.9 Å². The van der Waals surface area contributed by atoms with Gasteiger partial charge in [0.1, 0.15) is 0 Å². The largest absolute Gasteiger partial charge is 0.371 e. The van der Waals surface area contributed by atoms with Crippen molar-refractivity contribution in [3.05, 3.63) is 22.6 Å². The zero-order chi connectivity index (χ0) is 15.0. The molecule has 0 aliphatic rings. The second-order valence-corrected chi connectivity index (χ2v) is 4.98. The van der Waals surface area contributed by atoms with Crippen LogP contribution >= 0.6 is 0 Å². The minimum absolute atomic E-state index is 0.00749. The second-order valence-electron chi connectivity index (χ2n) is 4.98. The quantitative estimate of drug-likeness (QED) is 0.750. The minimum Gasteiger partial charge on any atom is -0.371 e. The molecule has 1 aromatic rings. The van der Waals surface area contributed by atoms with E-state index in [-0.39, 0.29) is 5.56 Å². The molecule has 1 heterocycles. The topological polar surface area (TPSA) is 50.2 Å². The fourth-order valence-corrected chi connectivity index (χ4v) is 2.39. The van der Waals surface area contributed by atoms with Crippen molar-refractivity contribution in [3.8, 4) is 0 Å². The Morgan fingerprint density at radius 3 is 2.55 bits per heavy atom. The highest BCUT2D eigenvalue weighted by Gasteiger charge is 2.07. The first kappa shape index (κ1) is 16.7. The maximum Gasteiger partial charge on any atom is 0.268 e. The van der Waals surface area contributed by atoms with Gasteiger partial charge in [0.05, 0.1) is 11.9 Å². The Kier molecular flexibility index (Phi) is 7.30. The van der Waals surface area contributed by atoms with Gasteiger partial charge in [-0.2, -0.15) is 5.10 Å². The van der Waals surface area contributed by atoms with Crippen LogP contribution < -0.4 is 15.8 Å². The lowest BCUT2D eigenvalue weighted by Gasteiger charge is -2.20. The Balaban J connectivity index is 2.62. The highest BCUT2D eigenvalue weighted by Crippen LogP contribution is 2.08. The molecule has 5 heteroatoms. The van der Waals surface area contributed by atoms with Gasteiger partial charge in [-0.25, -0.2) is 4.68 Å². The summed E-state index contributed by atoms with van der Waals surface area (Å²) in [5, 5.41) is 7.56. The summed E-state index contributed by atoms with van der Waals surface area (Å²) in [4.78, 5) is 14.2. The van der Waals surface area contributed by atoms with Gasteiger partial charge in [-0.05, 0) is 40.2 Å². The van der Waals surface area contributed by atoms with Crippen LogP contribution in [0.2, 0.25) is 0 Å². The van der Waals surface area contributed by atoms with Gasteiger partial charge < -0.3 is 10.2 Å². The lowest BCUT2D eigenvalue weighted by atomic mass is 10.1. The summed E-state index contributed by atoms with van der Waals surface area (Å²) in [6, 6.07) is 2.22. The third-order valence-corrected chi connectivity index (χ3v) is 3.81. The van der Waals surface area contributed by atoms with E-state index in [9.17, 15) is 4.79 Å². The summed E-state index contributed by atoms with van der Waals surface area (Å²) in [7, 11) is 1.98. The molecule has 0 aliphatic heterocycles. The van der Waals surface area contributed by atoms with Gasteiger partial charge in [-0.3, -0.25) is 4.79 Å². The molecule has 0 aromatic carbocycles. The van der Waals surface area contributed by atoms with E-state index in [4.69, 9.17) is 0 Å². The van der Waals surface area contributed by atoms with E-state index in [2.05, 4.69) is 36.1 Å². The highest BCUT2D eigenvalue weighted by molar-refractivity contribution is 5.42. The number of aryl methyl sites for hydroxylation is 1. The zero-order valence-corrected chi connectivity index (χ0v) is 13.2. The number of nitrogens with zero attached hydrogens (tertiary/aromatic N) is 3. The lowest BCUT2D eigenvalue weighted by molar-refractivity contribution is 0.448. The number of rotatable bonds is 9. The summed E-state index contributed by atoms with van der Waals surface area (Å²) in [6.45, 7) is 8.80. The lowest BCUT2D eigenvalue weighted by Crippen LogP contribution is -2.29. The number of nitrogens with one attached hydrogen (secondary N) is 1. The van der Waals surface area contributed by atoms with Crippen molar-refractivity contribution < 1.29 is 0 Å². The first-order chi connectivity index (χ1) is 9.65. The Morgan fingerprint density at radius 1 is 1.35 bits per heavy atom. The molecule has 0 radical (unpaired) electrons. The van der Waals surface area contributed by atoms with Crippen molar-refractivity contribution in [1.29, 1.82) is 0 Å². The molecule has 0 spiro atoms. The Labute approximate surface area is 122 Å². The van der Waals surface area contributed by atoms with Crippen molar-refractivity contribution in [1.82, 2.24) is 15.1 Å². The Morgan fingerprint density at radius 2 is 2.05 bits per heavy atom. The van der Waals surface area contributed by atoms with Gasteiger partial charge >= 0.3 is 0 Å². The average molecular weight is 280 g/mol. The van der Waals surface area contributed by atoms with Crippen molar-refractivity contribution in [2.45, 2.75) is 52.6 Å². The van der Waals surface area contributed by atoms with Crippen LogP contribution in [0.3, 0.4) is 0 Å². The first-order valence-corrected chi connectivity index (χ1v) is 7.65. The number of anilines is 1. The van der Waals surface area contributed by atoms with Crippen LogP contribution in [0.4, 0.5) is 5.69 Å². The molecule has 1 atom stereocenters. The fourth-order valence-electron chi connectivity index (χ4n) is 2.39. The molecule has 1 N–H and O–H groups in total. The smallest absolute Gasteiger partial charge is 0.268 e. The van der Waals surface area contributed by atoms with Crippen LogP contribution in [0, 0.1) is 0 Å². The maximum atomic E-state index is 12.0. The molecular weight excluding hydrogens is 252 g/mol. The van der Waals surface area contributed by atoms with Gasteiger partial charge in [0, 0.05) is 31.7 Å². The van der Waals surface area contributed by atoms with Gasteiger partial charge in [0.15, 0.2) is 0 Å². The van der Waals surface area contributed by atoms with Crippen molar-refractivity contribution in [2.24, 2.45) is 0 Å². The van der Waals surface area contributed by atoms with Crippen LogP contribution in [-0.2, 0) is 6.54 Å². The minimum atomic E-state index is -0.00749. The van der Waals surface area contributed by atoms with E-state index in [0.29, 0.717) is 12.6 Å². The van der Waals surface area contributed by atoms with Crippen LogP contribution in [-0.4, -0.2) is 36.0 Å². The normalized spacial score (nSPS) is 12.4. The van der Waals surface area contributed by atoms with Crippen molar-refractivity contribution >= 4 is 5.69 Å². The standard InChI is InChI=1S/C15H28N4O/c1-5-13(16-4)9-8-10-19-15(20)11-14(12-17-19)18(6-2)7-3/h11-13,16H,5-10H2,1-4H3. The van der Waals surface area contributed by atoms with Gasteiger partial charge in [-0.15, -0.1) is 0 Å². The summed E-state index contributed by atoms with van der Waals surface area (Å²) in [6.07, 6.45) is 4.94. The van der Waals surface area contributed by atoms with E-state index in [1.807, 2.05) is 7.05 Å². The molecule has 20 heavy (non-hydrogen) atoms. The Bertz CT molecular complexity index is 436. The molecule has 5 nitrogen and oxygen atoms in total. The van der Waals surface area contributed by atoms with Gasteiger partial charge in [0.2, 0.25) is 0 Å². The third-order valence-electron chi connectivity index (χ3n) is 3.81. The van der Waals surface area contributed by atoms with E-state index >= 15 is 0 Å². The molecule has 0 saturated heterocycles. The molecule has 0 bridgehead atoms. The van der Waals surface area contributed by atoms with E-state index in [0.717, 1.165) is 38.0 Å². The Hall–Kier alpha value is -1.36. The number of aromatic nitrogens is 2. The predicted octanol–water partition coefficient (Wildman–Crippen LogP) is 1.87. The molecule has 0 aliphatic carbocycles. The van der Waals surface area contributed by atoms with Crippen LogP contribution in [0.25, 0.3) is 0 Å². The van der Waals surface area contributed by atoms with E-state index in [1.165, 1.54) is 0 Å². The molecule has 1 aromatic heterocycles. The zero-order valence-electron chi connectivity index (χ0n) is 13.2. The molecule has 1 unspecified atom stereocenters. The monoisotopic (exact) mass is 280 g/mol. The average Bonchev–Trinajstić information content (AvgIpc) is 2.47. The van der Waals surface area contributed by atoms with Crippen LogP contribution in [0.5, 0.6) is 0 Å². The number of hydrogen-bond donors (Lipinski definition) is 1. The molecule has 0 fully saturated rings. The summed E-state index contributed by atoms with van der Waals surface area (Å²) >= 11 is 0. The van der Waals surface area contributed by atoms with Crippen molar-refractivity contribution in [3.63, 3.8) is 0 Å². The first-order valence-electron chi connectivity index (χ1n) is 7.65. The van der Waals surface area contributed by atoms with Gasteiger partial charge in [-0.1, -0.05) is 6.92 Å². The molecule has 0 amide bonds. The maximum absolute atomic E-state index is 12.0. The molecule has 0 saturated carbocycles. The molecular formula is C15H28N4O. The molecule has 114 valence electrons. The highest BCUT2D eigenvalue weighted by atomic mass is 16.1. The van der Waals surface area contributed by atoms with Crippen LogP contribution in [0.1, 0.15) is 40.0 Å².